The van der Waals surface area contributed by atoms with Crippen molar-refractivity contribution in [1.82, 2.24) is 15.0 Å². The highest BCUT2D eigenvalue weighted by Gasteiger charge is 2.28. The molecule has 2 aliphatic rings. The quantitative estimate of drug-likeness (QED) is 0.358. The Morgan fingerprint density at radius 2 is 1.24 bits per heavy atom. The number of benzene rings is 2. The number of hydrogen-bond donors (Lipinski definition) is 5. The van der Waals surface area contributed by atoms with E-state index in [1.54, 1.807) is 0 Å². The first-order valence-corrected chi connectivity index (χ1v) is 11.9. The van der Waals surface area contributed by atoms with Gasteiger partial charge in [0.2, 0.25) is 17.8 Å². The van der Waals surface area contributed by atoms with Gasteiger partial charge < -0.3 is 38.1 Å². The number of nitrogens with zero attached hydrogens (tertiary/aromatic N) is 5. The minimum absolute atomic E-state index is 0.0205. The molecule has 0 amide bonds. The Kier molecular flexibility index (Phi) is 6.46. The van der Waals surface area contributed by atoms with Crippen molar-refractivity contribution in [3.63, 3.8) is 0 Å². The number of rotatable bonds is 5. The van der Waals surface area contributed by atoms with Gasteiger partial charge in [-0.3, -0.25) is 0 Å². The SMILES string of the molecule is NC1CC(N)CN(c2nc(NCc3cccc4ccccc34)nc(N3CC(N)CC(N)C3)n2)C1. The highest BCUT2D eigenvalue weighted by atomic mass is 15.4. The molecular formula is C24H34N10. The maximum atomic E-state index is 6.24. The monoisotopic (exact) mass is 462 g/mol. The Morgan fingerprint density at radius 3 is 1.82 bits per heavy atom. The van der Waals surface area contributed by atoms with Crippen LogP contribution < -0.4 is 38.1 Å². The van der Waals surface area contributed by atoms with E-state index in [0.29, 0.717) is 50.6 Å². The average Bonchev–Trinajstić information content (AvgIpc) is 2.81. The number of piperidine rings is 2. The Hall–Kier alpha value is -3.05. The summed E-state index contributed by atoms with van der Waals surface area (Å²) in [4.78, 5) is 18.4. The number of fused-ring (bicyclic) bond motifs is 1. The average molecular weight is 463 g/mol. The molecule has 5 rings (SSSR count). The number of anilines is 3. The summed E-state index contributed by atoms with van der Waals surface area (Å²) in [7, 11) is 0. The summed E-state index contributed by atoms with van der Waals surface area (Å²) in [5.41, 5.74) is 26.1. The number of nitrogens with one attached hydrogen (secondary N) is 1. The van der Waals surface area contributed by atoms with Crippen LogP contribution in [-0.2, 0) is 6.54 Å². The molecule has 0 bridgehead atoms. The molecule has 0 saturated carbocycles. The fraction of sp³-hybridized carbons (Fsp3) is 0.458. The van der Waals surface area contributed by atoms with E-state index in [9.17, 15) is 0 Å². The fourth-order valence-corrected chi connectivity index (χ4v) is 5.02. The molecule has 3 heterocycles. The Balaban J connectivity index is 1.45. The molecule has 2 saturated heterocycles. The lowest BCUT2D eigenvalue weighted by molar-refractivity contribution is 0.441. The summed E-state index contributed by atoms with van der Waals surface area (Å²) in [6, 6.07) is 14.6. The van der Waals surface area contributed by atoms with Gasteiger partial charge in [0.05, 0.1) is 0 Å². The van der Waals surface area contributed by atoms with Crippen molar-refractivity contribution >= 4 is 28.6 Å². The van der Waals surface area contributed by atoms with E-state index >= 15 is 0 Å². The second-order valence-corrected chi connectivity index (χ2v) is 9.57. The lowest BCUT2D eigenvalue weighted by atomic mass is 10.0. The molecule has 0 radical (unpaired) electrons. The smallest absolute Gasteiger partial charge is 0.232 e. The predicted octanol–water partition coefficient (Wildman–Crippen LogP) is 0.366. The van der Waals surface area contributed by atoms with Crippen molar-refractivity contribution in [2.24, 2.45) is 22.9 Å². The highest BCUT2D eigenvalue weighted by molar-refractivity contribution is 5.85. The van der Waals surface area contributed by atoms with Gasteiger partial charge >= 0.3 is 0 Å². The van der Waals surface area contributed by atoms with Crippen LogP contribution in [0.3, 0.4) is 0 Å². The van der Waals surface area contributed by atoms with Crippen molar-refractivity contribution in [3.8, 4) is 0 Å². The first kappa shape index (κ1) is 22.7. The Morgan fingerprint density at radius 1 is 0.706 bits per heavy atom. The molecule has 2 aliphatic heterocycles. The summed E-state index contributed by atoms with van der Waals surface area (Å²) >= 11 is 0. The second kappa shape index (κ2) is 9.67. The van der Waals surface area contributed by atoms with Crippen LogP contribution in [0.5, 0.6) is 0 Å². The van der Waals surface area contributed by atoms with Crippen LogP contribution >= 0.6 is 0 Å². The highest BCUT2D eigenvalue weighted by Crippen LogP contribution is 2.23. The molecule has 10 nitrogen and oxygen atoms in total. The van der Waals surface area contributed by atoms with Crippen LogP contribution in [0.15, 0.2) is 42.5 Å². The maximum Gasteiger partial charge on any atom is 0.232 e. The zero-order valence-corrected chi connectivity index (χ0v) is 19.3. The van der Waals surface area contributed by atoms with Gasteiger partial charge in [0.15, 0.2) is 0 Å². The second-order valence-electron chi connectivity index (χ2n) is 9.57. The van der Waals surface area contributed by atoms with E-state index < -0.39 is 0 Å². The summed E-state index contributed by atoms with van der Waals surface area (Å²) in [5, 5.41) is 5.82. The molecule has 2 fully saturated rings. The van der Waals surface area contributed by atoms with Gasteiger partial charge in [-0.15, -0.1) is 0 Å². The lowest BCUT2D eigenvalue weighted by Crippen LogP contribution is -2.54. The van der Waals surface area contributed by atoms with Crippen LogP contribution in [0.1, 0.15) is 18.4 Å². The molecule has 1 aromatic heterocycles. The van der Waals surface area contributed by atoms with Crippen molar-refractivity contribution in [2.45, 2.75) is 43.6 Å². The van der Waals surface area contributed by atoms with Crippen LogP contribution in [0, 0.1) is 0 Å². The van der Waals surface area contributed by atoms with Gasteiger partial charge in [-0.1, -0.05) is 42.5 Å². The maximum absolute atomic E-state index is 6.24. The zero-order chi connectivity index (χ0) is 23.7. The van der Waals surface area contributed by atoms with Crippen molar-refractivity contribution in [2.75, 3.05) is 41.3 Å². The third kappa shape index (κ3) is 5.05. The molecule has 4 unspecified atom stereocenters. The van der Waals surface area contributed by atoms with E-state index in [1.807, 2.05) is 6.07 Å². The van der Waals surface area contributed by atoms with E-state index in [-0.39, 0.29) is 24.2 Å². The number of aromatic nitrogens is 3. The van der Waals surface area contributed by atoms with Crippen molar-refractivity contribution in [1.29, 1.82) is 0 Å². The first-order valence-electron chi connectivity index (χ1n) is 11.9. The Labute approximate surface area is 199 Å². The van der Waals surface area contributed by atoms with Gasteiger partial charge in [0.1, 0.15) is 0 Å². The van der Waals surface area contributed by atoms with Gasteiger partial charge in [-0.05, 0) is 29.2 Å². The minimum atomic E-state index is -0.0205. The molecule has 10 heteroatoms. The predicted molar refractivity (Wildman–Crippen MR) is 137 cm³/mol. The number of hydrogen-bond acceptors (Lipinski definition) is 10. The summed E-state index contributed by atoms with van der Waals surface area (Å²) in [5.74, 6) is 1.65. The first-order chi connectivity index (χ1) is 16.4. The fourth-order valence-electron chi connectivity index (χ4n) is 5.02. The minimum Gasteiger partial charge on any atom is -0.350 e. The molecule has 9 N–H and O–H groups in total. The van der Waals surface area contributed by atoms with Crippen LogP contribution in [0.4, 0.5) is 17.8 Å². The molecule has 34 heavy (non-hydrogen) atoms. The summed E-state index contributed by atoms with van der Waals surface area (Å²) in [6.45, 7) is 3.19. The largest absolute Gasteiger partial charge is 0.350 e. The molecule has 0 spiro atoms. The van der Waals surface area contributed by atoms with Crippen molar-refractivity contribution in [3.05, 3.63) is 48.0 Å². The van der Waals surface area contributed by atoms with E-state index in [4.69, 9.17) is 37.9 Å². The van der Waals surface area contributed by atoms with Gasteiger partial charge in [0.25, 0.3) is 0 Å². The summed E-state index contributed by atoms with van der Waals surface area (Å²) < 4.78 is 0. The van der Waals surface area contributed by atoms with E-state index in [2.05, 4.69) is 51.5 Å². The molecule has 0 aliphatic carbocycles. The standard InChI is InChI=1S/C24H34N10/c25-17-8-18(26)12-33(11-17)23-30-22(31-24(32-23)34-13-19(27)9-20(28)14-34)29-10-16-6-3-5-15-4-1-2-7-21(15)16/h1-7,17-20H,8-14,25-28H2,(H,29,30,31,32). The molecule has 180 valence electrons. The van der Waals surface area contributed by atoms with Crippen LogP contribution in [0.25, 0.3) is 10.8 Å². The normalized spacial score (nSPS) is 25.5. The van der Waals surface area contributed by atoms with E-state index in [1.165, 1.54) is 16.3 Å². The molecule has 4 atom stereocenters. The topological polar surface area (TPSA) is 161 Å². The third-order valence-corrected chi connectivity index (χ3v) is 6.52. The van der Waals surface area contributed by atoms with Gasteiger partial charge in [-0.25, -0.2) is 0 Å². The van der Waals surface area contributed by atoms with E-state index in [0.717, 1.165) is 12.8 Å². The van der Waals surface area contributed by atoms with Crippen LogP contribution in [0.2, 0.25) is 0 Å². The molecule has 2 aromatic carbocycles. The Bertz CT molecular complexity index is 1070. The molecular weight excluding hydrogens is 428 g/mol. The summed E-state index contributed by atoms with van der Waals surface area (Å²) in [6.07, 6.45) is 1.58. The lowest BCUT2D eigenvalue weighted by Gasteiger charge is -2.37. The van der Waals surface area contributed by atoms with Crippen molar-refractivity contribution < 1.29 is 0 Å². The zero-order valence-electron chi connectivity index (χ0n) is 19.3. The molecule has 3 aromatic rings. The third-order valence-electron chi connectivity index (χ3n) is 6.52. The van der Waals surface area contributed by atoms with Gasteiger partial charge in [-0.2, -0.15) is 15.0 Å². The van der Waals surface area contributed by atoms with Gasteiger partial charge in [0, 0.05) is 56.9 Å². The van der Waals surface area contributed by atoms with Crippen LogP contribution in [-0.4, -0.2) is 65.3 Å². The number of nitrogens with two attached hydrogens (primary N) is 4.